The number of benzene rings is 2. The molecule has 0 aliphatic carbocycles. The van der Waals surface area contributed by atoms with Gasteiger partial charge in [0, 0.05) is 11.3 Å². The van der Waals surface area contributed by atoms with Crippen LogP contribution in [0.2, 0.25) is 0 Å². The number of furan rings is 1. The highest BCUT2D eigenvalue weighted by Gasteiger charge is 2.17. The van der Waals surface area contributed by atoms with Gasteiger partial charge in [-0.3, -0.25) is 4.57 Å². The number of aromatic nitrogens is 3. The SMILES string of the molecule is COc1ccc(C)cc1CSc1nnc(-c2ccco2)n1Cc1ccccc1. The molecule has 28 heavy (non-hydrogen) atoms. The van der Waals surface area contributed by atoms with Crippen molar-refractivity contribution >= 4 is 11.8 Å². The van der Waals surface area contributed by atoms with Gasteiger partial charge in [0.05, 0.1) is 19.9 Å². The number of thioether (sulfide) groups is 1. The molecular formula is C22H21N3O2S. The van der Waals surface area contributed by atoms with Gasteiger partial charge in [-0.15, -0.1) is 10.2 Å². The molecule has 0 amide bonds. The molecule has 0 fully saturated rings. The highest BCUT2D eigenvalue weighted by molar-refractivity contribution is 7.98. The minimum Gasteiger partial charge on any atom is -0.496 e. The van der Waals surface area contributed by atoms with Crippen molar-refractivity contribution in [1.82, 2.24) is 14.8 Å². The number of methoxy groups -OCH3 is 1. The first-order valence-corrected chi connectivity index (χ1v) is 10.0. The second-order valence-electron chi connectivity index (χ2n) is 6.46. The van der Waals surface area contributed by atoms with Crippen LogP contribution in [0.1, 0.15) is 16.7 Å². The summed E-state index contributed by atoms with van der Waals surface area (Å²) in [4.78, 5) is 0. The fraction of sp³-hybridized carbons (Fsp3) is 0.182. The molecule has 0 saturated heterocycles. The number of hydrogen-bond acceptors (Lipinski definition) is 5. The van der Waals surface area contributed by atoms with Crippen LogP contribution in [0.3, 0.4) is 0 Å². The Labute approximate surface area is 168 Å². The second kappa shape index (κ2) is 8.35. The molecule has 0 spiro atoms. The standard InChI is InChI=1S/C22H21N3O2S/c1-16-10-11-19(26-2)18(13-16)15-28-22-24-23-21(20-9-6-12-27-20)25(22)14-17-7-4-3-5-8-17/h3-13H,14-15H2,1-2H3. The monoisotopic (exact) mass is 391 g/mol. The average molecular weight is 391 g/mol. The van der Waals surface area contributed by atoms with Gasteiger partial charge in [-0.05, 0) is 30.7 Å². The summed E-state index contributed by atoms with van der Waals surface area (Å²) in [5, 5.41) is 9.68. The second-order valence-corrected chi connectivity index (χ2v) is 7.40. The van der Waals surface area contributed by atoms with E-state index in [1.807, 2.05) is 36.4 Å². The van der Waals surface area contributed by atoms with Crippen LogP contribution >= 0.6 is 11.8 Å². The molecule has 0 bridgehead atoms. The number of ether oxygens (including phenoxy) is 1. The minimum absolute atomic E-state index is 0.678. The van der Waals surface area contributed by atoms with Crippen LogP contribution in [0.25, 0.3) is 11.6 Å². The Balaban J connectivity index is 1.64. The molecule has 0 radical (unpaired) electrons. The van der Waals surface area contributed by atoms with Crippen molar-refractivity contribution in [3.8, 4) is 17.3 Å². The Morgan fingerprint density at radius 1 is 1.04 bits per heavy atom. The van der Waals surface area contributed by atoms with Crippen LogP contribution < -0.4 is 4.74 Å². The molecule has 4 rings (SSSR count). The fourth-order valence-electron chi connectivity index (χ4n) is 3.05. The third kappa shape index (κ3) is 3.97. The van der Waals surface area contributed by atoms with Crippen LogP contribution in [0.4, 0.5) is 0 Å². The summed E-state index contributed by atoms with van der Waals surface area (Å²) in [6, 6.07) is 20.3. The van der Waals surface area contributed by atoms with Crippen LogP contribution in [0.5, 0.6) is 5.75 Å². The smallest absolute Gasteiger partial charge is 0.200 e. The molecule has 0 atom stereocenters. The van der Waals surface area contributed by atoms with E-state index in [1.165, 1.54) is 11.1 Å². The summed E-state index contributed by atoms with van der Waals surface area (Å²) in [7, 11) is 1.70. The van der Waals surface area contributed by atoms with Crippen LogP contribution in [-0.2, 0) is 12.3 Å². The molecule has 4 aromatic rings. The van der Waals surface area contributed by atoms with E-state index in [0.29, 0.717) is 12.3 Å². The first kappa shape index (κ1) is 18.4. The average Bonchev–Trinajstić information content (AvgIpc) is 3.37. The number of hydrogen-bond donors (Lipinski definition) is 0. The quantitative estimate of drug-likeness (QED) is 0.406. The fourth-order valence-corrected chi connectivity index (χ4v) is 3.97. The van der Waals surface area contributed by atoms with E-state index in [-0.39, 0.29) is 0 Å². The molecule has 0 unspecified atom stereocenters. The molecular weight excluding hydrogens is 370 g/mol. The molecule has 0 N–H and O–H groups in total. The Hall–Kier alpha value is -2.99. The van der Waals surface area contributed by atoms with Gasteiger partial charge in [-0.2, -0.15) is 0 Å². The molecule has 0 aliphatic rings. The number of nitrogens with zero attached hydrogens (tertiary/aromatic N) is 3. The topological polar surface area (TPSA) is 53.1 Å². The van der Waals surface area contributed by atoms with E-state index in [0.717, 1.165) is 28.0 Å². The molecule has 5 nitrogen and oxygen atoms in total. The van der Waals surface area contributed by atoms with E-state index in [1.54, 1.807) is 25.1 Å². The zero-order chi connectivity index (χ0) is 19.3. The normalized spacial score (nSPS) is 10.9. The Morgan fingerprint density at radius 3 is 2.64 bits per heavy atom. The van der Waals surface area contributed by atoms with Gasteiger partial charge in [-0.25, -0.2) is 0 Å². The zero-order valence-corrected chi connectivity index (χ0v) is 16.6. The van der Waals surface area contributed by atoms with Crippen molar-refractivity contribution in [3.63, 3.8) is 0 Å². The van der Waals surface area contributed by atoms with Crippen molar-refractivity contribution in [3.05, 3.63) is 83.6 Å². The van der Waals surface area contributed by atoms with Gasteiger partial charge in [0.25, 0.3) is 0 Å². The Kier molecular flexibility index (Phi) is 5.48. The van der Waals surface area contributed by atoms with Crippen LogP contribution in [0.15, 0.2) is 76.5 Å². The van der Waals surface area contributed by atoms with Crippen molar-refractivity contribution in [1.29, 1.82) is 0 Å². The summed E-state index contributed by atoms with van der Waals surface area (Å²) >= 11 is 1.64. The lowest BCUT2D eigenvalue weighted by Gasteiger charge is -2.11. The summed E-state index contributed by atoms with van der Waals surface area (Å²) in [6.45, 7) is 2.76. The van der Waals surface area contributed by atoms with Crippen molar-refractivity contribution < 1.29 is 9.15 Å². The maximum atomic E-state index is 5.57. The first-order valence-electron chi connectivity index (χ1n) is 9.02. The Bertz CT molecular complexity index is 1040. The van der Waals surface area contributed by atoms with E-state index in [2.05, 4.69) is 46.0 Å². The molecule has 2 aromatic carbocycles. The largest absolute Gasteiger partial charge is 0.496 e. The number of aryl methyl sites for hydroxylation is 1. The molecule has 2 aromatic heterocycles. The minimum atomic E-state index is 0.678. The third-order valence-corrected chi connectivity index (χ3v) is 5.45. The summed E-state index contributed by atoms with van der Waals surface area (Å²) in [5.41, 5.74) is 3.53. The van der Waals surface area contributed by atoms with E-state index in [4.69, 9.17) is 9.15 Å². The number of rotatable bonds is 7. The van der Waals surface area contributed by atoms with Crippen molar-refractivity contribution in [2.45, 2.75) is 24.4 Å². The molecule has 2 heterocycles. The van der Waals surface area contributed by atoms with Gasteiger partial charge in [0.2, 0.25) is 5.82 Å². The van der Waals surface area contributed by atoms with Gasteiger partial charge >= 0.3 is 0 Å². The molecule has 0 saturated carbocycles. The molecule has 0 aliphatic heterocycles. The van der Waals surface area contributed by atoms with E-state index < -0.39 is 0 Å². The summed E-state index contributed by atoms with van der Waals surface area (Å²) in [5.74, 6) is 3.07. The lowest BCUT2D eigenvalue weighted by Crippen LogP contribution is -2.04. The highest BCUT2D eigenvalue weighted by Crippen LogP contribution is 2.30. The van der Waals surface area contributed by atoms with Crippen molar-refractivity contribution in [2.24, 2.45) is 0 Å². The van der Waals surface area contributed by atoms with E-state index in [9.17, 15) is 0 Å². The third-order valence-electron chi connectivity index (χ3n) is 4.43. The maximum Gasteiger partial charge on any atom is 0.200 e. The maximum absolute atomic E-state index is 5.57. The predicted molar refractivity (Wildman–Crippen MR) is 111 cm³/mol. The van der Waals surface area contributed by atoms with Gasteiger partial charge in [-0.1, -0.05) is 59.8 Å². The molecule has 6 heteroatoms. The van der Waals surface area contributed by atoms with Gasteiger partial charge in [0.15, 0.2) is 10.9 Å². The van der Waals surface area contributed by atoms with Crippen molar-refractivity contribution in [2.75, 3.05) is 7.11 Å². The zero-order valence-electron chi connectivity index (χ0n) is 15.8. The Morgan fingerprint density at radius 2 is 1.89 bits per heavy atom. The van der Waals surface area contributed by atoms with E-state index >= 15 is 0 Å². The predicted octanol–water partition coefficient (Wildman–Crippen LogP) is 5.20. The highest BCUT2D eigenvalue weighted by atomic mass is 32.2. The summed E-state index contributed by atoms with van der Waals surface area (Å²) in [6.07, 6.45) is 1.65. The summed E-state index contributed by atoms with van der Waals surface area (Å²) < 4.78 is 13.2. The lowest BCUT2D eigenvalue weighted by molar-refractivity contribution is 0.411. The molecule has 142 valence electrons. The lowest BCUT2D eigenvalue weighted by atomic mass is 10.1. The van der Waals surface area contributed by atoms with Gasteiger partial charge < -0.3 is 9.15 Å². The van der Waals surface area contributed by atoms with Crippen LogP contribution in [0, 0.1) is 6.92 Å². The van der Waals surface area contributed by atoms with Gasteiger partial charge in [0.1, 0.15) is 5.75 Å². The van der Waals surface area contributed by atoms with Crippen LogP contribution in [-0.4, -0.2) is 21.9 Å². The first-order chi connectivity index (χ1) is 13.7.